The first-order chi connectivity index (χ1) is 14.8. The molecule has 8 heteroatoms. The molecule has 1 amide bonds. The van der Waals surface area contributed by atoms with Crippen LogP contribution in [0.2, 0.25) is 5.02 Å². The van der Waals surface area contributed by atoms with Crippen LogP contribution < -0.4 is 13.8 Å². The molecule has 0 atom stereocenters. The SMILES string of the molecule is CCOc1ccccc1C(=O)N(c1ccc(OC)c(Cl)c1)S(=O)(=O)c1ccc(C)cc1. The van der Waals surface area contributed by atoms with Crippen LogP contribution in [0.1, 0.15) is 22.8 Å². The maximum absolute atomic E-state index is 13.6. The highest BCUT2D eigenvalue weighted by Gasteiger charge is 2.33. The predicted octanol–water partition coefficient (Wildman–Crippen LogP) is 5.09. The Kier molecular flexibility index (Phi) is 6.87. The molecular formula is C23H22ClNO5S. The van der Waals surface area contributed by atoms with Crippen molar-refractivity contribution < 1.29 is 22.7 Å². The number of para-hydroxylation sites is 1. The molecule has 0 heterocycles. The number of hydrogen-bond acceptors (Lipinski definition) is 5. The first kappa shape index (κ1) is 22.7. The standard InChI is InChI=1S/C23H22ClNO5S/c1-4-30-21-8-6-5-7-19(21)23(26)25(17-11-14-22(29-3)20(24)15-17)31(27,28)18-12-9-16(2)10-13-18/h5-15H,4H2,1-3H3. The first-order valence-electron chi connectivity index (χ1n) is 9.51. The fraction of sp³-hybridized carbons (Fsp3) is 0.174. The third-order valence-electron chi connectivity index (χ3n) is 4.53. The van der Waals surface area contributed by atoms with Crippen molar-refractivity contribution in [2.75, 3.05) is 18.0 Å². The van der Waals surface area contributed by atoms with Gasteiger partial charge in [0.2, 0.25) is 0 Å². The zero-order valence-electron chi connectivity index (χ0n) is 17.3. The Balaban J connectivity index is 2.21. The molecule has 31 heavy (non-hydrogen) atoms. The van der Waals surface area contributed by atoms with E-state index < -0.39 is 15.9 Å². The molecule has 0 fully saturated rings. The second kappa shape index (κ2) is 9.41. The van der Waals surface area contributed by atoms with E-state index in [4.69, 9.17) is 21.1 Å². The average Bonchev–Trinajstić information content (AvgIpc) is 2.75. The zero-order valence-corrected chi connectivity index (χ0v) is 18.9. The molecule has 0 spiro atoms. The molecule has 3 aromatic carbocycles. The van der Waals surface area contributed by atoms with Crippen molar-refractivity contribution in [3.63, 3.8) is 0 Å². The summed E-state index contributed by atoms with van der Waals surface area (Å²) in [6.07, 6.45) is 0. The highest BCUT2D eigenvalue weighted by Crippen LogP contribution is 2.34. The second-order valence-corrected chi connectivity index (χ2v) is 8.83. The summed E-state index contributed by atoms with van der Waals surface area (Å²) in [7, 11) is -2.81. The number of carbonyl (C=O) groups is 1. The Hall–Kier alpha value is -3.03. The van der Waals surface area contributed by atoms with Gasteiger partial charge in [0.1, 0.15) is 11.5 Å². The number of amides is 1. The van der Waals surface area contributed by atoms with Gasteiger partial charge in [-0.2, -0.15) is 4.31 Å². The Morgan fingerprint density at radius 1 is 1.00 bits per heavy atom. The number of ether oxygens (including phenoxy) is 2. The minimum absolute atomic E-state index is 0.0210. The van der Waals surface area contributed by atoms with E-state index in [0.717, 1.165) is 9.87 Å². The van der Waals surface area contributed by atoms with Gasteiger partial charge >= 0.3 is 0 Å². The molecule has 0 saturated carbocycles. The lowest BCUT2D eigenvalue weighted by molar-refractivity contribution is 0.100. The molecule has 162 valence electrons. The molecular weight excluding hydrogens is 438 g/mol. The van der Waals surface area contributed by atoms with E-state index in [1.165, 1.54) is 43.5 Å². The number of benzene rings is 3. The van der Waals surface area contributed by atoms with Gasteiger partial charge in [0.15, 0.2) is 0 Å². The summed E-state index contributed by atoms with van der Waals surface area (Å²) in [5.41, 5.74) is 1.10. The Morgan fingerprint density at radius 2 is 1.68 bits per heavy atom. The molecule has 0 bridgehead atoms. The van der Waals surface area contributed by atoms with Crippen LogP contribution >= 0.6 is 11.6 Å². The van der Waals surface area contributed by atoms with Gasteiger partial charge in [0.25, 0.3) is 15.9 Å². The van der Waals surface area contributed by atoms with Crippen molar-refractivity contribution in [1.29, 1.82) is 0 Å². The quantitative estimate of drug-likeness (QED) is 0.492. The van der Waals surface area contributed by atoms with Crippen molar-refractivity contribution in [3.8, 4) is 11.5 Å². The van der Waals surface area contributed by atoms with Crippen LogP contribution in [0.15, 0.2) is 71.6 Å². The van der Waals surface area contributed by atoms with E-state index in [-0.39, 0.29) is 21.2 Å². The van der Waals surface area contributed by atoms with Crippen LogP contribution in [0.3, 0.4) is 0 Å². The van der Waals surface area contributed by atoms with Gasteiger partial charge in [-0.15, -0.1) is 0 Å². The van der Waals surface area contributed by atoms with Crippen LogP contribution in [0.4, 0.5) is 5.69 Å². The van der Waals surface area contributed by atoms with Crippen LogP contribution in [0, 0.1) is 6.92 Å². The maximum atomic E-state index is 13.6. The molecule has 0 saturated heterocycles. The summed E-state index contributed by atoms with van der Waals surface area (Å²) in [6.45, 7) is 3.95. The third-order valence-corrected chi connectivity index (χ3v) is 6.55. The summed E-state index contributed by atoms with van der Waals surface area (Å²) < 4.78 is 38.6. The summed E-state index contributed by atoms with van der Waals surface area (Å²) in [5.74, 6) is -0.107. The van der Waals surface area contributed by atoms with Gasteiger partial charge in [-0.25, -0.2) is 8.42 Å². The Bertz CT molecular complexity index is 1190. The minimum atomic E-state index is -4.26. The predicted molar refractivity (Wildman–Crippen MR) is 121 cm³/mol. The maximum Gasteiger partial charge on any atom is 0.276 e. The molecule has 6 nitrogen and oxygen atoms in total. The zero-order chi connectivity index (χ0) is 22.6. The molecule has 0 aliphatic rings. The molecule has 0 unspecified atom stereocenters. The lowest BCUT2D eigenvalue weighted by Gasteiger charge is -2.24. The van der Waals surface area contributed by atoms with Crippen molar-refractivity contribution in [1.82, 2.24) is 0 Å². The van der Waals surface area contributed by atoms with Gasteiger partial charge in [-0.05, 0) is 56.3 Å². The number of rotatable bonds is 7. The van der Waals surface area contributed by atoms with E-state index in [2.05, 4.69) is 0 Å². The molecule has 0 radical (unpaired) electrons. The second-order valence-electron chi connectivity index (χ2n) is 6.64. The molecule has 3 rings (SSSR count). The lowest BCUT2D eigenvalue weighted by atomic mass is 10.2. The highest BCUT2D eigenvalue weighted by molar-refractivity contribution is 7.93. The number of hydrogen-bond donors (Lipinski definition) is 0. The van der Waals surface area contributed by atoms with Crippen molar-refractivity contribution in [2.45, 2.75) is 18.7 Å². The van der Waals surface area contributed by atoms with Crippen molar-refractivity contribution in [2.24, 2.45) is 0 Å². The molecule has 3 aromatic rings. The molecule has 0 N–H and O–H groups in total. The van der Waals surface area contributed by atoms with Crippen molar-refractivity contribution in [3.05, 3.63) is 82.9 Å². The third kappa shape index (κ3) is 4.68. The van der Waals surface area contributed by atoms with Gasteiger partial charge < -0.3 is 9.47 Å². The average molecular weight is 460 g/mol. The summed E-state index contributed by atoms with van der Waals surface area (Å²) in [4.78, 5) is 13.6. The van der Waals surface area contributed by atoms with Gasteiger partial charge in [0.05, 0.1) is 34.9 Å². The van der Waals surface area contributed by atoms with Gasteiger partial charge in [0, 0.05) is 0 Å². The van der Waals surface area contributed by atoms with E-state index in [9.17, 15) is 13.2 Å². The number of carbonyl (C=O) groups excluding carboxylic acids is 1. The molecule has 0 aliphatic carbocycles. The Labute approximate surface area is 187 Å². The first-order valence-corrected chi connectivity index (χ1v) is 11.3. The highest BCUT2D eigenvalue weighted by atomic mass is 35.5. The van der Waals surface area contributed by atoms with E-state index >= 15 is 0 Å². The fourth-order valence-electron chi connectivity index (χ4n) is 3.00. The number of anilines is 1. The van der Waals surface area contributed by atoms with Crippen LogP contribution in [-0.4, -0.2) is 28.0 Å². The fourth-order valence-corrected chi connectivity index (χ4v) is 4.65. The van der Waals surface area contributed by atoms with Crippen LogP contribution in [0.5, 0.6) is 11.5 Å². The largest absolute Gasteiger partial charge is 0.495 e. The summed E-state index contributed by atoms with van der Waals surface area (Å²) >= 11 is 6.24. The normalized spacial score (nSPS) is 11.1. The minimum Gasteiger partial charge on any atom is -0.495 e. The van der Waals surface area contributed by atoms with E-state index in [1.54, 1.807) is 37.3 Å². The summed E-state index contributed by atoms with van der Waals surface area (Å²) in [5, 5.41) is 0.176. The van der Waals surface area contributed by atoms with Crippen molar-refractivity contribution >= 4 is 33.2 Å². The van der Waals surface area contributed by atoms with Gasteiger partial charge in [-0.1, -0.05) is 41.4 Å². The van der Waals surface area contributed by atoms with Crippen LogP contribution in [-0.2, 0) is 10.0 Å². The molecule has 0 aliphatic heterocycles. The van der Waals surface area contributed by atoms with E-state index in [1.807, 2.05) is 6.92 Å². The number of aryl methyl sites for hydroxylation is 1. The number of methoxy groups -OCH3 is 1. The Morgan fingerprint density at radius 3 is 2.29 bits per heavy atom. The van der Waals surface area contributed by atoms with E-state index in [0.29, 0.717) is 18.1 Å². The number of nitrogens with zero attached hydrogens (tertiary/aromatic N) is 1. The van der Waals surface area contributed by atoms with Gasteiger partial charge in [-0.3, -0.25) is 4.79 Å². The number of sulfonamides is 1. The topological polar surface area (TPSA) is 72.9 Å². The smallest absolute Gasteiger partial charge is 0.276 e. The lowest BCUT2D eigenvalue weighted by Crippen LogP contribution is -2.37. The summed E-state index contributed by atoms with van der Waals surface area (Å²) in [6, 6.07) is 17.1. The monoisotopic (exact) mass is 459 g/mol. The molecule has 0 aromatic heterocycles. The van der Waals surface area contributed by atoms with Crippen LogP contribution in [0.25, 0.3) is 0 Å². The number of halogens is 1.